The Hall–Kier alpha value is -2.32. The number of anilines is 1. The standard InChI is InChI=1S/C11H17N5O4/c1-3-20-11(17)15-6-4-14(5-7-15)10-9(16(18)19)12-8-13(10)2/h8H,3-7H2,1-2H3. The number of hydrogen-bond acceptors (Lipinski definition) is 6. The number of nitrogens with zero attached hydrogens (tertiary/aromatic N) is 5. The maximum absolute atomic E-state index is 11.6. The lowest BCUT2D eigenvalue weighted by atomic mass is 10.3. The highest BCUT2D eigenvalue weighted by Gasteiger charge is 2.29. The van der Waals surface area contributed by atoms with Gasteiger partial charge in [0.15, 0.2) is 0 Å². The molecule has 1 aliphatic heterocycles. The maximum atomic E-state index is 11.6. The fraction of sp³-hybridized carbons (Fsp3) is 0.636. The Labute approximate surface area is 115 Å². The van der Waals surface area contributed by atoms with Crippen LogP contribution in [0.4, 0.5) is 16.4 Å². The number of carbonyl (C=O) groups is 1. The van der Waals surface area contributed by atoms with Gasteiger partial charge in [-0.1, -0.05) is 0 Å². The highest BCUT2D eigenvalue weighted by molar-refractivity contribution is 5.68. The van der Waals surface area contributed by atoms with E-state index in [0.717, 1.165) is 0 Å². The van der Waals surface area contributed by atoms with Crippen molar-refractivity contribution >= 4 is 17.7 Å². The van der Waals surface area contributed by atoms with Gasteiger partial charge in [0, 0.05) is 33.2 Å². The van der Waals surface area contributed by atoms with Crippen LogP contribution < -0.4 is 4.90 Å². The molecule has 1 aliphatic rings. The Balaban J connectivity index is 2.06. The van der Waals surface area contributed by atoms with Crippen molar-refractivity contribution in [3.05, 3.63) is 16.4 Å². The molecule has 1 fully saturated rings. The molecular formula is C11H17N5O4. The zero-order valence-electron chi connectivity index (χ0n) is 11.5. The molecule has 0 bridgehead atoms. The molecule has 2 rings (SSSR count). The lowest BCUT2D eigenvalue weighted by Gasteiger charge is -2.34. The van der Waals surface area contributed by atoms with Gasteiger partial charge in [0.25, 0.3) is 0 Å². The minimum atomic E-state index is -0.493. The topological polar surface area (TPSA) is 93.7 Å². The van der Waals surface area contributed by atoms with Crippen molar-refractivity contribution in [3.8, 4) is 0 Å². The van der Waals surface area contributed by atoms with Crippen LogP contribution in [0.15, 0.2) is 6.33 Å². The number of hydrogen-bond donors (Lipinski definition) is 0. The van der Waals surface area contributed by atoms with Crippen LogP contribution in [-0.4, -0.2) is 58.3 Å². The van der Waals surface area contributed by atoms with E-state index in [2.05, 4.69) is 4.98 Å². The van der Waals surface area contributed by atoms with E-state index in [-0.39, 0.29) is 11.9 Å². The van der Waals surface area contributed by atoms with Crippen molar-refractivity contribution in [2.75, 3.05) is 37.7 Å². The molecule has 1 saturated heterocycles. The molecule has 0 radical (unpaired) electrons. The van der Waals surface area contributed by atoms with Crippen LogP contribution in [0, 0.1) is 10.1 Å². The van der Waals surface area contributed by atoms with Gasteiger partial charge in [0.2, 0.25) is 12.1 Å². The first kappa shape index (κ1) is 14.1. The number of amides is 1. The molecular weight excluding hydrogens is 266 g/mol. The van der Waals surface area contributed by atoms with Gasteiger partial charge in [-0.3, -0.25) is 4.57 Å². The van der Waals surface area contributed by atoms with E-state index in [1.165, 1.54) is 6.33 Å². The van der Waals surface area contributed by atoms with E-state index in [0.29, 0.717) is 38.6 Å². The summed E-state index contributed by atoms with van der Waals surface area (Å²) in [5, 5.41) is 11.0. The van der Waals surface area contributed by atoms with Crippen molar-refractivity contribution in [1.82, 2.24) is 14.5 Å². The summed E-state index contributed by atoms with van der Waals surface area (Å²) in [5.74, 6) is 0.315. The zero-order chi connectivity index (χ0) is 14.7. The lowest BCUT2D eigenvalue weighted by Crippen LogP contribution is -2.49. The second-order valence-electron chi connectivity index (χ2n) is 4.43. The quantitative estimate of drug-likeness (QED) is 0.596. The van der Waals surface area contributed by atoms with Crippen molar-refractivity contribution < 1.29 is 14.5 Å². The zero-order valence-corrected chi connectivity index (χ0v) is 11.5. The summed E-state index contributed by atoms with van der Waals surface area (Å²) in [6, 6.07) is 0. The molecule has 0 spiro atoms. The van der Waals surface area contributed by atoms with Crippen LogP contribution in [0.5, 0.6) is 0 Å². The van der Waals surface area contributed by atoms with E-state index in [9.17, 15) is 14.9 Å². The Bertz CT molecular complexity index is 507. The molecule has 20 heavy (non-hydrogen) atoms. The van der Waals surface area contributed by atoms with Crippen LogP contribution in [0.3, 0.4) is 0 Å². The Morgan fingerprint density at radius 2 is 2.10 bits per heavy atom. The fourth-order valence-electron chi connectivity index (χ4n) is 2.22. The molecule has 9 heteroatoms. The Morgan fingerprint density at radius 1 is 1.45 bits per heavy atom. The van der Waals surface area contributed by atoms with E-state index in [1.54, 1.807) is 23.4 Å². The third-order valence-electron chi connectivity index (χ3n) is 3.17. The average Bonchev–Trinajstić information content (AvgIpc) is 2.81. The third kappa shape index (κ3) is 2.65. The molecule has 1 aromatic heterocycles. The first-order valence-electron chi connectivity index (χ1n) is 6.37. The summed E-state index contributed by atoms with van der Waals surface area (Å²) in [4.78, 5) is 29.3. The summed E-state index contributed by atoms with van der Waals surface area (Å²) < 4.78 is 6.56. The molecule has 0 N–H and O–H groups in total. The van der Waals surface area contributed by atoms with Gasteiger partial charge in [-0.15, -0.1) is 0 Å². The maximum Gasteiger partial charge on any atom is 0.409 e. The number of aromatic nitrogens is 2. The van der Waals surface area contributed by atoms with Crippen LogP contribution in [-0.2, 0) is 11.8 Å². The first-order valence-corrected chi connectivity index (χ1v) is 6.37. The summed E-state index contributed by atoms with van der Waals surface area (Å²) >= 11 is 0. The van der Waals surface area contributed by atoms with Crippen LogP contribution >= 0.6 is 0 Å². The van der Waals surface area contributed by atoms with Crippen LogP contribution in [0.2, 0.25) is 0 Å². The number of nitro groups is 1. The average molecular weight is 283 g/mol. The van der Waals surface area contributed by atoms with Crippen molar-refractivity contribution in [2.24, 2.45) is 7.05 Å². The highest BCUT2D eigenvalue weighted by Crippen LogP contribution is 2.26. The SMILES string of the molecule is CCOC(=O)N1CCN(c2c([N+](=O)[O-])ncn2C)CC1. The van der Waals surface area contributed by atoms with E-state index in [4.69, 9.17) is 4.74 Å². The van der Waals surface area contributed by atoms with Gasteiger partial charge in [-0.2, -0.15) is 0 Å². The molecule has 0 saturated carbocycles. The molecule has 1 amide bonds. The Morgan fingerprint density at radius 3 is 2.65 bits per heavy atom. The summed E-state index contributed by atoms with van der Waals surface area (Å²) in [6.07, 6.45) is 1.08. The van der Waals surface area contributed by atoms with E-state index in [1.807, 2.05) is 4.90 Å². The molecule has 0 aromatic carbocycles. The van der Waals surface area contributed by atoms with Gasteiger partial charge >= 0.3 is 11.9 Å². The highest BCUT2D eigenvalue weighted by atomic mass is 16.6. The number of rotatable bonds is 3. The van der Waals surface area contributed by atoms with Crippen LogP contribution in [0.25, 0.3) is 0 Å². The molecule has 0 aliphatic carbocycles. The lowest BCUT2D eigenvalue weighted by molar-refractivity contribution is -0.388. The number of ether oxygens (including phenoxy) is 1. The van der Waals surface area contributed by atoms with Gasteiger partial charge in [-0.25, -0.2) is 4.79 Å². The van der Waals surface area contributed by atoms with Gasteiger partial charge in [-0.05, 0) is 16.8 Å². The van der Waals surface area contributed by atoms with Crippen molar-refractivity contribution in [3.63, 3.8) is 0 Å². The second kappa shape index (κ2) is 5.76. The van der Waals surface area contributed by atoms with E-state index >= 15 is 0 Å². The van der Waals surface area contributed by atoms with Crippen LogP contribution in [0.1, 0.15) is 6.92 Å². The minimum absolute atomic E-state index is 0.155. The molecule has 9 nitrogen and oxygen atoms in total. The fourth-order valence-corrected chi connectivity index (χ4v) is 2.22. The molecule has 0 unspecified atom stereocenters. The predicted molar refractivity (Wildman–Crippen MR) is 70.7 cm³/mol. The molecule has 0 atom stereocenters. The molecule has 1 aromatic rings. The third-order valence-corrected chi connectivity index (χ3v) is 3.17. The predicted octanol–water partition coefficient (Wildman–Crippen LogP) is 0.607. The minimum Gasteiger partial charge on any atom is -0.450 e. The first-order chi connectivity index (χ1) is 9.54. The van der Waals surface area contributed by atoms with Crippen molar-refractivity contribution in [2.45, 2.75) is 6.92 Å². The van der Waals surface area contributed by atoms with Crippen molar-refractivity contribution in [1.29, 1.82) is 0 Å². The van der Waals surface area contributed by atoms with Gasteiger partial charge in [0.05, 0.1) is 6.61 Å². The van der Waals surface area contributed by atoms with Gasteiger partial charge < -0.3 is 24.7 Å². The monoisotopic (exact) mass is 283 g/mol. The number of piperazine rings is 1. The number of aryl methyl sites for hydroxylation is 1. The molecule has 110 valence electrons. The Kier molecular flexibility index (Phi) is 4.06. The smallest absolute Gasteiger partial charge is 0.409 e. The number of carbonyl (C=O) groups excluding carboxylic acids is 1. The van der Waals surface area contributed by atoms with Gasteiger partial charge in [0.1, 0.15) is 0 Å². The summed E-state index contributed by atoms with van der Waals surface area (Å²) in [5.41, 5.74) is 0. The second-order valence-corrected chi connectivity index (χ2v) is 4.43. The van der Waals surface area contributed by atoms with E-state index < -0.39 is 4.92 Å². The summed E-state index contributed by atoms with van der Waals surface area (Å²) in [6.45, 7) is 4.07. The number of imidazole rings is 1. The normalized spacial score (nSPS) is 15.3. The largest absolute Gasteiger partial charge is 0.450 e. The summed E-state index contributed by atoms with van der Waals surface area (Å²) in [7, 11) is 1.72. The molecule has 2 heterocycles.